The number of piperidine rings is 1. The van der Waals surface area contributed by atoms with Gasteiger partial charge in [-0.2, -0.15) is 0 Å². The Labute approximate surface area is 184 Å². The third kappa shape index (κ3) is 5.88. The lowest BCUT2D eigenvalue weighted by atomic mass is 10.0. The molecule has 3 rings (SSSR count). The topological polar surface area (TPSA) is 40.6 Å². The molecule has 1 fully saturated rings. The fourth-order valence-electron chi connectivity index (χ4n) is 3.96. The van der Waals surface area contributed by atoms with Crippen LogP contribution in [0.4, 0.5) is 0 Å². The van der Waals surface area contributed by atoms with E-state index in [9.17, 15) is 9.59 Å². The minimum Gasteiger partial charge on any atom is -0.339 e. The van der Waals surface area contributed by atoms with Crippen molar-refractivity contribution in [3.8, 4) is 0 Å². The molecule has 0 saturated carbocycles. The van der Waals surface area contributed by atoms with Crippen molar-refractivity contribution >= 4 is 23.6 Å². The molecule has 0 aliphatic carbocycles. The minimum atomic E-state index is -0.0688. The zero-order valence-electron chi connectivity index (χ0n) is 18.0. The molecule has 160 valence electrons. The van der Waals surface area contributed by atoms with Gasteiger partial charge in [-0.3, -0.25) is 9.59 Å². The minimum absolute atomic E-state index is 0.0688. The predicted molar refractivity (Wildman–Crippen MR) is 125 cm³/mol. The van der Waals surface area contributed by atoms with Crippen molar-refractivity contribution in [1.29, 1.82) is 0 Å². The Morgan fingerprint density at radius 2 is 1.63 bits per heavy atom. The standard InChI is InChI=1S/C25H32N2O2S/c1-3-16-27(24(28)20(2)30-19-21-10-6-4-7-11-21)23-14-17-26(18-15-23)25(29)22-12-8-5-9-13-22/h4-13,20,23H,3,14-19H2,1-2H3. The van der Waals surface area contributed by atoms with Gasteiger partial charge in [0.15, 0.2) is 0 Å². The zero-order chi connectivity index (χ0) is 21.3. The van der Waals surface area contributed by atoms with E-state index in [0.717, 1.165) is 37.1 Å². The Morgan fingerprint density at radius 3 is 2.23 bits per heavy atom. The summed E-state index contributed by atoms with van der Waals surface area (Å²) in [4.78, 5) is 29.9. The number of likely N-dealkylation sites (tertiary alicyclic amines) is 1. The highest BCUT2D eigenvalue weighted by Gasteiger charge is 2.31. The van der Waals surface area contributed by atoms with Gasteiger partial charge in [0, 0.05) is 37.0 Å². The molecule has 0 spiro atoms. The molecule has 30 heavy (non-hydrogen) atoms. The van der Waals surface area contributed by atoms with Crippen LogP contribution in [0.5, 0.6) is 0 Å². The molecule has 0 N–H and O–H groups in total. The number of amides is 2. The Kier molecular flexibility index (Phi) is 8.38. The normalized spacial score (nSPS) is 15.6. The van der Waals surface area contributed by atoms with Gasteiger partial charge in [-0.05, 0) is 43.9 Å². The second-order valence-corrected chi connectivity index (χ2v) is 9.19. The Balaban J connectivity index is 1.55. The molecule has 1 aliphatic heterocycles. The highest BCUT2D eigenvalue weighted by Crippen LogP contribution is 2.24. The van der Waals surface area contributed by atoms with Crippen LogP contribution in [0.2, 0.25) is 0 Å². The van der Waals surface area contributed by atoms with Gasteiger partial charge in [0.1, 0.15) is 0 Å². The summed E-state index contributed by atoms with van der Waals surface area (Å²) in [6.45, 7) is 6.34. The molecule has 1 heterocycles. The van der Waals surface area contributed by atoms with E-state index >= 15 is 0 Å². The number of hydrogen-bond acceptors (Lipinski definition) is 3. The van der Waals surface area contributed by atoms with Crippen LogP contribution in [0.3, 0.4) is 0 Å². The first-order valence-electron chi connectivity index (χ1n) is 10.9. The Bertz CT molecular complexity index is 804. The number of carbonyl (C=O) groups is 2. The van der Waals surface area contributed by atoms with Crippen LogP contribution in [0.1, 0.15) is 49.0 Å². The maximum absolute atomic E-state index is 13.2. The molecular weight excluding hydrogens is 392 g/mol. The van der Waals surface area contributed by atoms with E-state index in [1.54, 1.807) is 11.8 Å². The maximum atomic E-state index is 13.2. The second-order valence-electron chi connectivity index (χ2n) is 7.86. The molecule has 1 saturated heterocycles. The highest BCUT2D eigenvalue weighted by atomic mass is 32.2. The monoisotopic (exact) mass is 424 g/mol. The summed E-state index contributed by atoms with van der Waals surface area (Å²) in [5, 5.41) is -0.0688. The largest absolute Gasteiger partial charge is 0.339 e. The van der Waals surface area contributed by atoms with Crippen LogP contribution < -0.4 is 0 Å². The van der Waals surface area contributed by atoms with Gasteiger partial charge in [0.05, 0.1) is 5.25 Å². The van der Waals surface area contributed by atoms with Gasteiger partial charge in [0.25, 0.3) is 5.91 Å². The van der Waals surface area contributed by atoms with Crippen LogP contribution in [0.25, 0.3) is 0 Å². The third-order valence-electron chi connectivity index (χ3n) is 5.65. The summed E-state index contributed by atoms with van der Waals surface area (Å²) in [5.41, 5.74) is 1.99. The SMILES string of the molecule is CCCN(C(=O)C(C)SCc1ccccc1)C1CCN(C(=O)c2ccccc2)CC1. The quantitative estimate of drug-likeness (QED) is 0.608. The van der Waals surface area contributed by atoms with E-state index in [1.165, 1.54) is 5.56 Å². The predicted octanol–water partition coefficient (Wildman–Crippen LogP) is 4.85. The van der Waals surface area contributed by atoms with Crippen molar-refractivity contribution in [2.45, 2.75) is 50.2 Å². The van der Waals surface area contributed by atoms with Crippen LogP contribution in [0, 0.1) is 0 Å². The molecular formula is C25H32N2O2S. The number of rotatable bonds is 8. The van der Waals surface area contributed by atoms with Gasteiger partial charge in [-0.15, -0.1) is 11.8 Å². The average molecular weight is 425 g/mol. The summed E-state index contributed by atoms with van der Waals surface area (Å²) in [7, 11) is 0. The van der Waals surface area contributed by atoms with Crippen molar-refractivity contribution in [2.75, 3.05) is 19.6 Å². The summed E-state index contributed by atoms with van der Waals surface area (Å²) < 4.78 is 0. The second kappa shape index (κ2) is 11.2. The van der Waals surface area contributed by atoms with E-state index in [4.69, 9.17) is 0 Å². The van der Waals surface area contributed by atoms with Crippen molar-refractivity contribution in [1.82, 2.24) is 9.80 Å². The van der Waals surface area contributed by atoms with E-state index in [2.05, 4.69) is 24.0 Å². The number of benzene rings is 2. The van der Waals surface area contributed by atoms with Crippen LogP contribution in [0.15, 0.2) is 60.7 Å². The van der Waals surface area contributed by atoms with Crippen molar-refractivity contribution < 1.29 is 9.59 Å². The lowest BCUT2D eigenvalue weighted by Crippen LogP contribution is -2.50. The van der Waals surface area contributed by atoms with Gasteiger partial charge >= 0.3 is 0 Å². The smallest absolute Gasteiger partial charge is 0.253 e. The molecule has 0 bridgehead atoms. The molecule has 2 amide bonds. The van der Waals surface area contributed by atoms with Gasteiger partial charge < -0.3 is 9.80 Å². The van der Waals surface area contributed by atoms with Crippen LogP contribution in [-0.4, -0.2) is 52.5 Å². The molecule has 5 heteroatoms. The molecule has 2 aromatic carbocycles. The van der Waals surface area contributed by atoms with E-state index in [-0.39, 0.29) is 23.1 Å². The highest BCUT2D eigenvalue weighted by molar-refractivity contribution is 7.99. The first kappa shape index (κ1) is 22.4. The van der Waals surface area contributed by atoms with Gasteiger partial charge in [-0.1, -0.05) is 55.5 Å². The van der Waals surface area contributed by atoms with Gasteiger partial charge in [-0.25, -0.2) is 0 Å². The number of carbonyl (C=O) groups excluding carboxylic acids is 2. The number of nitrogens with zero attached hydrogens (tertiary/aromatic N) is 2. The average Bonchev–Trinajstić information content (AvgIpc) is 2.81. The lowest BCUT2D eigenvalue weighted by molar-refractivity contribution is -0.133. The van der Waals surface area contributed by atoms with E-state index in [0.29, 0.717) is 13.1 Å². The van der Waals surface area contributed by atoms with Crippen LogP contribution >= 0.6 is 11.8 Å². The first-order chi connectivity index (χ1) is 14.6. The number of thioether (sulfide) groups is 1. The summed E-state index contributed by atoms with van der Waals surface area (Å²) in [6.07, 6.45) is 2.64. The van der Waals surface area contributed by atoms with Crippen molar-refractivity contribution in [2.24, 2.45) is 0 Å². The van der Waals surface area contributed by atoms with Crippen molar-refractivity contribution in [3.63, 3.8) is 0 Å². The lowest BCUT2D eigenvalue weighted by Gasteiger charge is -2.39. The summed E-state index contributed by atoms with van der Waals surface area (Å²) in [5.74, 6) is 1.16. The fourth-order valence-corrected chi connectivity index (χ4v) is 4.87. The van der Waals surface area contributed by atoms with Gasteiger partial charge in [0.2, 0.25) is 5.91 Å². The molecule has 1 unspecified atom stereocenters. The number of hydrogen-bond donors (Lipinski definition) is 0. The van der Waals surface area contributed by atoms with E-state index < -0.39 is 0 Å². The Hall–Kier alpha value is -2.27. The maximum Gasteiger partial charge on any atom is 0.253 e. The van der Waals surface area contributed by atoms with E-state index in [1.807, 2.05) is 60.4 Å². The molecule has 4 nitrogen and oxygen atoms in total. The molecule has 0 aromatic heterocycles. The molecule has 0 radical (unpaired) electrons. The summed E-state index contributed by atoms with van der Waals surface area (Å²) in [6, 6.07) is 20.0. The molecule has 1 aliphatic rings. The molecule has 1 atom stereocenters. The summed E-state index contributed by atoms with van der Waals surface area (Å²) >= 11 is 1.70. The Morgan fingerprint density at radius 1 is 1.03 bits per heavy atom. The third-order valence-corrected chi connectivity index (χ3v) is 6.85. The van der Waals surface area contributed by atoms with Crippen LogP contribution in [-0.2, 0) is 10.5 Å². The fraction of sp³-hybridized carbons (Fsp3) is 0.440. The van der Waals surface area contributed by atoms with Crippen molar-refractivity contribution in [3.05, 3.63) is 71.8 Å². The first-order valence-corrected chi connectivity index (χ1v) is 12.0. The zero-order valence-corrected chi connectivity index (χ0v) is 18.8. The molecule has 2 aromatic rings.